The van der Waals surface area contributed by atoms with Crippen molar-refractivity contribution in [2.24, 2.45) is 0 Å². The number of hydrogen-bond donors (Lipinski definition) is 0. The first kappa shape index (κ1) is 13.6. The minimum Gasteiger partial charge on any atom is -0.367 e. The van der Waals surface area contributed by atoms with E-state index in [1.165, 1.54) is 18.9 Å². The molecule has 1 aromatic rings. The van der Waals surface area contributed by atoms with Crippen LogP contribution in [0.15, 0.2) is 18.2 Å². The van der Waals surface area contributed by atoms with Crippen molar-refractivity contribution in [3.8, 4) is 0 Å². The molecule has 0 saturated carbocycles. The van der Waals surface area contributed by atoms with Crippen LogP contribution < -0.4 is 4.90 Å². The quantitative estimate of drug-likeness (QED) is 0.776. The summed E-state index contributed by atoms with van der Waals surface area (Å²) < 4.78 is 13.2. The Bertz CT molecular complexity index is 409. The van der Waals surface area contributed by atoms with Crippen molar-refractivity contribution in [1.82, 2.24) is 4.90 Å². The van der Waals surface area contributed by atoms with Gasteiger partial charge in [0.15, 0.2) is 0 Å². The van der Waals surface area contributed by atoms with E-state index >= 15 is 0 Å². The van der Waals surface area contributed by atoms with E-state index in [0.717, 1.165) is 24.3 Å². The third kappa shape index (κ3) is 2.96. The summed E-state index contributed by atoms with van der Waals surface area (Å²) in [7, 11) is 4.17. The van der Waals surface area contributed by atoms with Gasteiger partial charge in [-0.25, -0.2) is 4.39 Å². The third-order valence-corrected chi connectivity index (χ3v) is 3.74. The number of halogens is 2. The molecule has 0 bridgehead atoms. The fourth-order valence-corrected chi connectivity index (χ4v) is 2.92. The molecule has 1 atom stereocenters. The molecule has 2 rings (SSSR count). The molecule has 100 valence electrons. The molecule has 2 nitrogen and oxygen atoms in total. The number of rotatable bonds is 4. The summed E-state index contributed by atoms with van der Waals surface area (Å²) in [4.78, 5) is 4.57. The molecule has 0 aromatic heterocycles. The number of anilines is 1. The van der Waals surface area contributed by atoms with E-state index in [2.05, 4.69) is 23.9 Å². The normalized spacial score (nSPS) is 19.8. The summed E-state index contributed by atoms with van der Waals surface area (Å²) in [6.45, 7) is 2.06. The summed E-state index contributed by atoms with van der Waals surface area (Å²) in [6, 6.07) is 5.44. The summed E-state index contributed by atoms with van der Waals surface area (Å²) >= 11 is 5.93. The van der Waals surface area contributed by atoms with Crippen LogP contribution in [0.25, 0.3) is 0 Å². The van der Waals surface area contributed by atoms with Gasteiger partial charge in [0.05, 0.1) is 0 Å². The first-order chi connectivity index (χ1) is 8.61. The minimum atomic E-state index is -0.210. The van der Waals surface area contributed by atoms with Gasteiger partial charge in [-0.05, 0) is 50.7 Å². The van der Waals surface area contributed by atoms with E-state index in [4.69, 9.17) is 11.6 Å². The van der Waals surface area contributed by atoms with E-state index in [0.29, 0.717) is 11.9 Å². The van der Waals surface area contributed by atoms with Gasteiger partial charge in [0, 0.05) is 30.7 Å². The van der Waals surface area contributed by atoms with Gasteiger partial charge in [0.1, 0.15) is 5.82 Å². The summed E-state index contributed by atoms with van der Waals surface area (Å²) in [5.74, 6) is 0.149. The highest BCUT2D eigenvalue weighted by Gasteiger charge is 2.26. The summed E-state index contributed by atoms with van der Waals surface area (Å²) in [5, 5.41) is 0. The second-order valence-corrected chi connectivity index (χ2v) is 5.43. The SMILES string of the molecule is CN(C)CC1CCCN1c1ccc(F)cc1CCl. The topological polar surface area (TPSA) is 6.48 Å². The van der Waals surface area contributed by atoms with Gasteiger partial charge in [-0.15, -0.1) is 11.6 Å². The third-order valence-electron chi connectivity index (χ3n) is 3.45. The monoisotopic (exact) mass is 270 g/mol. The van der Waals surface area contributed by atoms with E-state index in [1.54, 1.807) is 6.07 Å². The lowest BCUT2D eigenvalue weighted by atomic mass is 10.1. The van der Waals surface area contributed by atoms with Crippen molar-refractivity contribution in [2.75, 3.05) is 32.1 Å². The van der Waals surface area contributed by atoms with Crippen LogP contribution in [0.5, 0.6) is 0 Å². The van der Waals surface area contributed by atoms with E-state index in [1.807, 2.05) is 6.07 Å². The highest BCUT2D eigenvalue weighted by atomic mass is 35.5. The van der Waals surface area contributed by atoms with Crippen LogP contribution in [-0.4, -0.2) is 38.1 Å². The van der Waals surface area contributed by atoms with E-state index < -0.39 is 0 Å². The molecule has 1 aliphatic rings. The van der Waals surface area contributed by atoms with Crippen LogP contribution in [0, 0.1) is 5.82 Å². The molecular weight excluding hydrogens is 251 g/mol. The smallest absolute Gasteiger partial charge is 0.123 e. The lowest BCUT2D eigenvalue weighted by Gasteiger charge is -2.30. The molecule has 1 unspecified atom stereocenters. The predicted molar refractivity (Wildman–Crippen MR) is 74.9 cm³/mol. The molecule has 0 radical (unpaired) electrons. The Morgan fingerprint density at radius 2 is 2.22 bits per heavy atom. The number of hydrogen-bond acceptors (Lipinski definition) is 2. The van der Waals surface area contributed by atoms with Crippen LogP contribution in [-0.2, 0) is 5.88 Å². The van der Waals surface area contributed by atoms with E-state index in [-0.39, 0.29) is 5.82 Å². The van der Waals surface area contributed by atoms with Crippen molar-refractivity contribution in [1.29, 1.82) is 0 Å². The molecule has 18 heavy (non-hydrogen) atoms. The molecule has 0 amide bonds. The summed E-state index contributed by atoms with van der Waals surface area (Å²) in [5.41, 5.74) is 1.98. The highest BCUT2D eigenvalue weighted by molar-refractivity contribution is 6.17. The Kier molecular flexibility index (Phi) is 4.46. The molecule has 4 heteroatoms. The average Bonchev–Trinajstić information content (AvgIpc) is 2.76. The molecule has 1 aliphatic heterocycles. The molecular formula is C14H20ClFN2. The summed E-state index contributed by atoms with van der Waals surface area (Å²) in [6.07, 6.45) is 2.38. The van der Waals surface area contributed by atoms with Gasteiger partial charge in [-0.3, -0.25) is 0 Å². The van der Waals surface area contributed by atoms with Gasteiger partial charge in [0.25, 0.3) is 0 Å². The maximum Gasteiger partial charge on any atom is 0.123 e. The molecule has 1 heterocycles. The lowest BCUT2D eigenvalue weighted by Crippen LogP contribution is -2.38. The molecule has 1 saturated heterocycles. The standard InChI is InChI=1S/C14H20ClFN2/c1-17(2)10-13-4-3-7-18(13)14-6-5-12(16)8-11(14)9-15/h5-6,8,13H,3-4,7,9-10H2,1-2H3. The minimum absolute atomic E-state index is 0.210. The number of nitrogens with zero attached hydrogens (tertiary/aromatic N) is 2. The van der Waals surface area contributed by atoms with Crippen LogP contribution in [0.1, 0.15) is 18.4 Å². The zero-order chi connectivity index (χ0) is 13.1. The Morgan fingerprint density at radius 3 is 2.89 bits per heavy atom. The highest BCUT2D eigenvalue weighted by Crippen LogP contribution is 2.30. The average molecular weight is 271 g/mol. The van der Waals surface area contributed by atoms with Crippen LogP contribution in [0.2, 0.25) is 0 Å². The van der Waals surface area contributed by atoms with Gasteiger partial charge in [-0.2, -0.15) is 0 Å². The largest absolute Gasteiger partial charge is 0.367 e. The van der Waals surface area contributed by atoms with Gasteiger partial charge in [0.2, 0.25) is 0 Å². The first-order valence-electron chi connectivity index (χ1n) is 6.37. The second kappa shape index (κ2) is 5.89. The molecule has 1 aromatic carbocycles. The van der Waals surface area contributed by atoms with Gasteiger partial charge >= 0.3 is 0 Å². The molecule has 0 N–H and O–H groups in total. The maximum atomic E-state index is 13.2. The van der Waals surface area contributed by atoms with Gasteiger partial charge < -0.3 is 9.80 Å². The van der Waals surface area contributed by atoms with Crippen molar-refractivity contribution in [3.05, 3.63) is 29.6 Å². The van der Waals surface area contributed by atoms with Crippen molar-refractivity contribution in [3.63, 3.8) is 0 Å². The Balaban J connectivity index is 2.24. The number of alkyl halides is 1. The van der Waals surface area contributed by atoms with Crippen molar-refractivity contribution < 1.29 is 4.39 Å². The van der Waals surface area contributed by atoms with Crippen LogP contribution in [0.4, 0.5) is 10.1 Å². The Morgan fingerprint density at radius 1 is 1.44 bits per heavy atom. The zero-order valence-electron chi connectivity index (χ0n) is 11.0. The predicted octanol–water partition coefficient (Wildman–Crippen LogP) is 3.09. The zero-order valence-corrected chi connectivity index (χ0v) is 11.8. The molecule has 0 aliphatic carbocycles. The van der Waals surface area contributed by atoms with Crippen LogP contribution >= 0.6 is 11.6 Å². The molecule has 0 spiro atoms. The first-order valence-corrected chi connectivity index (χ1v) is 6.91. The number of likely N-dealkylation sites (N-methyl/N-ethyl adjacent to an activating group) is 1. The second-order valence-electron chi connectivity index (χ2n) is 5.16. The van der Waals surface area contributed by atoms with Crippen molar-refractivity contribution >= 4 is 17.3 Å². The van der Waals surface area contributed by atoms with E-state index in [9.17, 15) is 4.39 Å². The fraction of sp³-hybridized carbons (Fsp3) is 0.571. The Labute approximate surface area is 113 Å². The maximum absolute atomic E-state index is 13.2. The van der Waals surface area contributed by atoms with Crippen LogP contribution in [0.3, 0.4) is 0 Å². The Hall–Kier alpha value is -0.800. The van der Waals surface area contributed by atoms with Gasteiger partial charge in [-0.1, -0.05) is 0 Å². The number of benzene rings is 1. The van der Waals surface area contributed by atoms with Crippen molar-refractivity contribution in [2.45, 2.75) is 24.8 Å². The fourth-order valence-electron chi connectivity index (χ4n) is 2.71. The lowest BCUT2D eigenvalue weighted by molar-refractivity contribution is 0.372. The molecule has 1 fully saturated rings.